The minimum Gasteiger partial charge on any atom is -0.480 e. The minimum atomic E-state index is -2.87. The van der Waals surface area contributed by atoms with E-state index in [2.05, 4.69) is 12.2 Å². The van der Waals surface area contributed by atoms with Crippen molar-refractivity contribution < 1.29 is 28.2 Å². The van der Waals surface area contributed by atoms with Crippen LogP contribution in [0, 0.1) is 17.3 Å². The van der Waals surface area contributed by atoms with Gasteiger partial charge in [-0.2, -0.15) is 0 Å². The monoisotopic (exact) mass is 402 g/mol. The third-order valence-corrected chi connectivity index (χ3v) is 7.18. The molecule has 0 amide bonds. The van der Waals surface area contributed by atoms with Crippen molar-refractivity contribution in [2.45, 2.75) is 70.4 Å². The number of alkyl halides is 2. The Hall–Kier alpha value is -1.28. The SMILES string of the molecule is CCOC(=O)[C@@H]1CC(F)(F)CN1CC1CCC2(CC)CNC(C(=O)O)CC2C1. The van der Waals surface area contributed by atoms with Gasteiger partial charge in [0.15, 0.2) is 0 Å². The number of likely N-dealkylation sites (tertiary alicyclic amines) is 1. The fourth-order valence-corrected chi connectivity index (χ4v) is 5.56. The molecular weight excluding hydrogens is 370 g/mol. The molecule has 0 spiro atoms. The van der Waals surface area contributed by atoms with Crippen LogP contribution in [0.4, 0.5) is 8.78 Å². The Balaban J connectivity index is 1.67. The van der Waals surface area contributed by atoms with Crippen LogP contribution in [0.3, 0.4) is 0 Å². The van der Waals surface area contributed by atoms with E-state index >= 15 is 0 Å². The summed E-state index contributed by atoms with van der Waals surface area (Å²) in [6.07, 6.45) is 3.80. The Morgan fingerprint density at radius 2 is 2.04 bits per heavy atom. The van der Waals surface area contributed by atoms with Gasteiger partial charge < -0.3 is 15.2 Å². The lowest BCUT2D eigenvalue weighted by atomic mass is 9.58. The molecule has 8 heteroatoms. The number of carboxylic acids is 1. The van der Waals surface area contributed by atoms with Gasteiger partial charge in [0, 0.05) is 19.5 Å². The highest BCUT2D eigenvalue weighted by Gasteiger charge is 2.51. The fraction of sp³-hybridized carbons (Fsp3) is 0.900. The third-order valence-electron chi connectivity index (χ3n) is 7.18. The molecule has 1 saturated carbocycles. The molecule has 160 valence electrons. The van der Waals surface area contributed by atoms with E-state index < -0.39 is 42.9 Å². The van der Waals surface area contributed by atoms with E-state index in [4.69, 9.17) is 4.74 Å². The zero-order valence-electron chi connectivity index (χ0n) is 16.8. The van der Waals surface area contributed by atoms with E-state index in [0.29, 0.717) is 19.5 Å². The number of carbonyl (C=O) groups is 2. The molecule has 0 bridgehead atoms. The number of nitrogens with one attached hydrogen (secondary N) is 1. The number of hydrogen-bond acceptors (Lipinski definition) is 5. The van der Waals surface area contributed by atoms with E-state index in [1.165, 1.54) is 0 Å². The van der Waals surface area contributed by atoms with Crippen molar-refractivity contribution >= 4 is 11.9 Å². The summed E-state index contributed by atoms with van der Waals surface area (Å²) in [6, 6.07) is -1.42. The van der Waals surface area contributed by atoms with E-state index in [9.17, 15) is 23.5 Å². The molecule has 3 fully saturated rings. The number of rotatable bonds is 6. The molecule has 3 aliphatic rings. The summed E-state index contributed by atoms with van der Waals surface area (Å²) in [4.78, 5) is 25.2. The topological polar surface area (TPSA) is 78.9 Å². The van der Waals surface area contributed by atoms with Gasteiger partial charge in [0.1, 0.15) is 12.1 Å². The van der Waals surface area contributed by atoms with Crippen LogP contribution < -0.4 is 5.32 Å². The number of fused-ring (bicyclic) bond motifs is 1. The van der Waals surface area contributed by atoms with Gasteiger partial charge in [0.05, 0.1) is 13.2 Å². The van der Waals surface area contributed by atoms with Crippen molar-refractivity contribution in [1.82, 2.24) is 10.2 Å². The maximum atomic E-state index is 14.0. The van der Waals surface area contributed by atoms with Crippen LogP contribution in [-0.4, -0.2) is 66.2 Å². The van der Waals surface area contributed by atoms with Gasteiger partial charge in [-0.05, 0) is 56.3 Å². The van der Waals surface area contributed by atoms with Crippen molar-refractivity contribution in [3.05, 3.63) is 0 Å². The molecule has 3 rings (SSSR count). The van der Waals surface area contributed by atoms with Crippen LogP contribution in [-0.2, 0) is 14.3 Å². The second-order valence-corrected chi connectivity index (χ2v) is 8.82. The summed E-state index contributed by atoms with van der Waals surface area (Å²) in [5, 5.41) is 12.6. The number of piperidine rings is 1. The van der Waals surface area contributed by atoms with Crippen molar-refractivity contribution in [2.24, 2.45) is 17.3 Å². The van der Waals surface area contributed by atoms with Crippen LogP contribution in [0.25, 0.3) is 0 Å². The number of ether oxygens (including phenoxy) is 1. The van der Waals surface area contributed by atoms with E-state index in [0.717, 1.165) is 25.7 Å². The number of carboxylic acid groups (broad SMARTS) is 1. The first-order chi connectivity index (χ1) is 13.2. The highest BCUT2D eigenvalue weighted by molar-refractivity contribution is 5.76. The standard InChI is InChI=1S/C20H32F2N2O4/c1-3-19-6-5-13(7-14(19)8-15(17(25)26)23-11-19)10-24-12-20(21,22)9-16(24)18(27)28-4-2/h13-16,23H,3-12H2,1-2H3,(H,25,26)/t13?,14?,15?,16-,19?/m0/s1. The molecule has 2 heterocycles. The first-order valence-electron chi connectivity index (χ1n) is 10.4. The molecular formula is C20H32F2N2O4. The predicted molar refractivity (Wildman–Crippen MR) is 99.2 cm³/mol. The molecule has 2 saturated heterocycles. The predicted octanol–water partition coefficient (Wildman–Crippen LogP) is 2.52. The van der Waals surface area contributed by atoms with Gasteiger partial charge in [-0.15, -0.1) is 0 Å². The number of aliphatic carboxylic acids is 1. The largest absolute Gasteiger partial charge is 0.480 e. The molecule has 0 aromatic carbocycles. The van der Waals surface area contributed by atoms with Crippen molar-refractivity contribution in [2.75, 3.05) is 26.2 Å². The molecule has 1 aliphatic carbocycles. The Morgan fingerprint density at radius 1 is 1.29 bits per heavy atom. The average Bonchev–Trinajstić information content (AvgIpc) is 2.95. The summed E-state index contributed by atoms with van der Waals surface area (Å²) in [6.45, 7) is 4.75. The van der Waals surface area contributed by atoms with Gasteiger partial charge in [-0.1, -0.05) is 6.92 Å². The number of halogens is 2. The second kappa shape index (κ2) is 8.22. The Labute approximate surface area is 165 Å². The summed E-state index contributed by atoms with van der Waals surface area (Å²) in [7, 11) is 0. The number of carbonyl (C=O) groups excluding carboxylic acids is 1. The lowest BCUT2D eigenvalue weighted by Gasteiger charge is -2.51. The third kappa shape index (κ3) is 4.32. The molecule has 2 aliphatic heterocycles. The molecule has 6 nitrogen and oxygen atoms in total. The summed E-state index contributed by atoms with van der Waals surface area (Å²) in [5.74, 6) is -3.80. The fourth-order valence-electron chi connectivity index (χ4n) is 5.56. The summed E-state index contributed by atoms with van der Waals surface area (Å²) >= 11 is 0. The normalized spacial score (nSPS) is 38.0. The Bertz CT molecular complexity index is 603. The highest BCUT2D eigenvalue weighted by Crippen LogP contribution is 2.50. The van der Waals surface area contributed by atoms with E-state index in [1.807, 2.05) is 0 Å². The molecule has 0 aromatic heterocycles. The second-order valence-electron chi connectivity index (χ2n) is 8.82. The molecule has 0 aromatic rings. The van der Waals surface area contributed by atoms with Gasteiger partial charge in [0.25, 0.3) is 5.92 Å². The van der Waals surface area contributed by atoms with Crippen LogP contribution >= 0.6 is 0 Å². The number of nitrogens with zero attached hydrogens (tertiary/aromatic N) is 1. The first kappa shape index (κ1) is 21.4. The number of hydrogen-bond donors (Lipinski definition) is 2. The lowest BCUT2D eigenvalue weighted by Crippen LogP contribution is -2.56. The van der Waals surface area contributed by atoms with Crippen LogP contribution in [0.1, 0.15) is 52.4 Å². The van der Waals surface area contributed by atoms with Gasteiger partial charge in [0.2, 0.25) is 0 Å². The lowest BCUT2D eigenvalue weighted by molar-refractivity contribution is -0.149. The Morgan fingerprint density at radius 3 is 2.68 bits per heavy atom. The first-order valence-corrected chi connectivity index (χ1v) is 10.4. The average molecular weight is 402 g/mol. The molecule has 2 N–H and O–H groups in total. The van der Waals surface area contributed by atoms with Gasteiger partial charge in [-0.3, -0.25) is 14.5 Å². The number of esters is 1. The zero-order chi connectivity index (χ0) is 20.5. The quantitative estimate of drug-likeness (QED) is 0.665. The maximum Gasteiger partial charge on any atom is 0.323 e. The smallest absolute Gasteiger partial charge is 0.323 e. The zero-order valence-corrected chi connectivity index (χ0v) is 16.8. The summed E-state index contributed by atoms with van der Waals surface area (Å²) < 4.78 is 33.0. The van der Waals surface area contributed by atoms with E-state index in [-0.39, 0.29) is 23.9 Å². The van der Waals surface area contributed by atoms with E-state index in [1.54, 1.807) is 11.8 Å². The van der Waals surface area contributed by atoms with Crippen molar-refractivity contribution in [3.8, 4) is 0 Å². The Kier molecular flexibility index (Phi) is 6.29. The molecule has 0 radical (unpaired) electrons. The molecule has 28 heavy (non-hydrogen) atoms. The van der Waals surface area contributed by atoms with Crippen LogP contribution in [0.2, 0.25) is 0 Å². The molecule has 5 atom stereocenters. The highest BCUT2D eigenvalue weighted by atomic mass is 19.3. The molecule has 4 unspecified atom stereocenters. The van der Waals surface area contributed by atoms with Crippen molar-refractivity contribution in [1.29, 1.82) is 0 Å². The minimum absolute atomic E-state index is 0.0952. The summed E-state index contributed by atoms with van der Waals surface area (Å²) in [5.41, 5.74) is 0.0952. The van der Waals surface area contributed by atoms with Crippen molar-refractivity contribution in [3.63, 3.8) is 0 Å². The van der Waals surface area contributed by atoms with Crippen LogP contribution in [0.5, 0.6) is 0 Å². The van der Waals surface area contributed by atoms with Gasteiger partial charge >= 0.3 is 11.9 Å². The maximum absolute atomic E-state index is 14.0. The van der Waals surface area contributed by atoms with Crippen LogP contribution in [0.15, 0.2) is 0 Å². The van der Waals surface area contributed by atoms with Gasteiger partial charge in [-0.25, -0.2) is 8.78 Å².